The summed E-state index contributed by atoms with van der Waals surface area (Å²) in [5, 5.41) is 8.02. The van der Waals surface area contributed by atoms with Gasteiger partial charge in [-0.2, -0.15) is 5.10 Å². The predicted molar refractivity (Wildman–Crippen MR) is 120 cm³/mol. The van der Waals surface area contributed by atoms with Crippen molar-refractivity contribution < 1.29 is 14.3 Å². The fraction of sp³-hybridized carbons (Fsp3) is 0.182. The van der Waals surface area contributed by atoms with E-state index in [4.69, 9.17) is 9.47 Å². The van der Waals surface area contributed by atoms with Crippen LogP contribution in [0.5, 0.6) is 11.5 Å². The van der Waals surface area contributed by atoms with Crippen molar-refractivity contribution in [2.45, 2.75) is 13.5 Å². The van der Waals surface area contributed by atoms with Gasteiger partial charge in [-0.05, 0) is 19.1 Å². The lowest BCUT2D eigenvalue weighted by Crippen LogP contribution is -2.30. The van der Waals surface area contributed by atoms with Crippen molar-refractivity contribution in [3.63, 3.8) is 0 Å². The standard InChI is InChI=1S/C22H20N4O4S/c1-13-23-20-21(31-13)19(14-7-5-4-6-8-14)25-26(22(20)28)12-18(27)24-16-10-9-15(29-2)11-17(16)30-3/h4-11H,12H2,1-3H3,(H,24,27). The third-order valence-corrected chi connectivity index (χ3v) is 5.61. The zero-order chi connectivity index (χ0) is 22.0. The molecule has 0 saturated heterocycles. The van der Waals surface area contributed by atoms with Gasteiger partial charge < -0.3 is 14.8 Å². The van der Waals surface area contributed by atoms with Gasteiger partial charge in [0.2, 0.25) is 5.91 Å². The Hall–Kier alpha value is -3.72. The monoisotopic (exact) mass is 436 g/mol. The van der Waals surface area contributed by atoms with Crippen LogP contribution in [-0.4, -0.2) is 34.9 Å². The van der Waals surface area contributed by atoms with Crippen molar-refractivity contribution in [3.8, 4) is 22.8 Å². The molecule has 2 aromatic carbocycles. The van der Waals surface area contributed by atoms with Gasteiger partial charge in [-0.15, -0.1) is 11.3 Å². The summed E-state index contributed by atoms with van der Waals surface area (Å²) < 4.78 is 12.3. The van der Waals surface area contributed by atoms with E-state index in [1.165, 1.54) is 18.4 Å². The number of ether oxygens (including phenoxy) is 2. The van der Waals surface area contributed by atoms with Gasteiger partial charge in [0.05, 0.1) is 29.6 Å². The Morgan fingerprint density at radius 2 is 1.90 bits per heavy atom. The number of aryl methyl sites for hydroxylation is 1. The van der Waals surface area contributed by atoms with Crippen LogP contribution in [0.25, 0.3) is 21.5 Å². The van der Waals surface area contributed by atoms with Crippen molar-refractivity contribution in [3.05, 3.63) is 63.9 Å². The van der Waals surface area contributed by atoms with E-state index in [9.17, 15) is 9.59 Å². The lowest BCUT2D eigenvalue weighted by Gasteiger charge is -2.12. The van der Waals surface area contributed by atoms with Crippen LogP contribution in [-0.2, 0) is 11.3 Å². The molecule has 0 atom stereocenters. The highest BCUT2D eigenvalue weighted by atomic mass is 32.1. The lowest BCUT2D eigenvalue weighted by molar-refractivity contribution is -0.117. The van der Waals surface area contributed by atoms with Gasteiger partial charge in [-0.1, -0.05) is 30.3 Å². The number of amides is 1. The molecule has 9 heteroatoms. The molecule has 0 unspecified atom stereocenters. The molecule has 0 aliphatic carbocycles. The summed E-state index contributed by atoms with van der Waals surface area (Å²) in [5.74, 6) is 0.636. The van der Waals surface area contributed by atoms with E-state index < -0.39 is 11.5 Å². The Morgan fingerprint density at radius 3 is 2.61 bits per heavy atom. The molecule has 158 valence electrons. The normalized spacial score (nSPS) is 10.8. The van der Waals surface area contributed by atoms with Crippen LogP contribution in [0.2, 0.25) is 0 Å². The first-order valence-corrected chi connectivity index (χ1v) is 10.3. The van der Waals surface area contributed by atoms with Crippen LogP contribution < -0.4 is 20.3 Å². The Kier molecular flexibility index (Phi) is 5.68. The maximum Gasteiger partial charge on any atom is 0.294 e. The third kappa shape index (κ3) is 4.13. The van der Waals surface area contributed by atoms with E-state index in [0.717, 1.165) is 15.3 Å². The molecule has 4 aromatic rings. The number of hydrogen-bond donors (Lipinski definition) is 1. The SMILES string of the molecule is COc1ccc(NC(=O)Cn2nc(-c3ccccc3)c3sc(C)nc3c2=O)c(OC)c1. The maximum atomic E-state index is 12.9. The number of benzene rings is 2. The minimum atomic E-state index is -0.414. The molecule has 1 amide bonds. The van der Waals surface area contributed by atoms with E-state index in [0.29, 0.717) is 33.1 Å². The highest BCUT2D eigenvalue weighted by molar-refractivity contribution is 7.19. The second kappa shape index (κ2) is 8.57. The summed E-state index contributed by atoms with van der Waals surface area (Å²) in [6, 6.07) is 14.6. The quantitative estimate of drug-likeness (QED) is 0.497. The maximum absolute atomic E-state index is 12.9. The average Bonchev–Trinajstić information content (AvgIpc) is 3.18. The number of fused-ring (bicyclic) bond motifs is 1. The van der Waals surface area contributed by atoms with E-state index in [1.54, 1.807) is 25.3 Å². The number of carbonyl (C=O) groups excluding carboxylic acids is 1. The zero-order valence-corrected chi connectivity index (χ0v) is 18.0. The summed E-state index contributed by atoms with van der Waals surface area (Å²) in [4.78, 5) is 30.1. The van der Waals surface area contributed by atoms with E-state index >= 15 is 0 Å². The van der Waals surface area contributed by atoms with Crippen molar-refractivity contribution in [1.82, 2.24) is 14.8 Å². The number of thiazole rings is 1. The molecular weight excluding hydrogens is 416 g/mol. The summed E-state index contributed by atoms with van der Waals surface area (Å²) in [5.41, 5.74) is 1.84. The molecule has 4 rings (SSSR count). The number of aromatic nitrogens is 3. The van der Waals surface area contributed by atoms with Gasteiger partial charge in [-0.3, -0.25) is 9.59 Å². The molecule has 0 aliphatic heterocycles. The topological polar surface area (TPSA) is 95.3 Å². The van der Waals surface area contributed by atoms with Crippen molar-refractivity contribution in [1.29, 1.82) is 0 Å². The summed E-state index contributed by atoms with van der Waals surface area (Å²) in [7, 11) is 3.05. The van der Waals surface area contributed by atoms with Crippen LogP contribution >= 0.6 is 11.3 Å². The molecular formula is C22H20N4O4S. The lowest BCUT2D eigenvalue weighted by atomic mass is 10.1. The molecule has 8 nitrogen and oxygen atoms in total. The highest BCUT2D eigenvalue weighted by Crippen LogP contribution is 2.30. The summed E-state index contributed by atoms with van der Waals surface area (Å²) >= 11 is 1.41. The van der Waals surface area contributed by atoms with Gasteiger partial charge in [0.25, 0.3) is 5.56 Å². The fourth-order valence-electron chi connectivity index (χ4n) is 3.19. The number of carbonyl (C=O) groups is 1. The first-order valence-electron chi connectivity index (χ1n) is 9.45. The molecule has 0 saturated carbocycles. The van der Waals surface area contributed by atoms with Gasteiger partial charge in [0.15, 0.2) is 5.52 Å². The number of methoxy groups -OCH3 is 2. The molecule has 0 fully saturated rings. The number of nitrogens with zero attached hydrogens (tertiary/aromatic N) is 3. The van der Waals surface area contributed by atoms with E-state index in [-0.39, 0.29) is 6.54 Å². The summed E-state index contributed by atoms with van der Waals surface area (Å²) in [6.07, 6.45) is 0. The second-order valence-electron chi connectivity index (χ2n) is 6.70. The molecule has 1 N–H and O–H groups in total. The number of hydrogen-bond acceptors (Lipinski definition) is 7. The van der Waals surface area contributed by atoms with Gasteiger partial charge in [-0.25, -0.2) is 9.67 Å². The molecule has 2 aromatic heterocycles. The van der Waals surface area contributed by atoms with Crippen molar-refractivity contribution in [2.75, 3.05) is 19.5 Å². The molecule has 0 radical (unpaired) electrons. The van der Waals surface area contributed by atoms with Gasteiger partial charge >= 0.3 is 0 Å². The predicted octanol–water partition coefficient (Wildman–Crippen LogP) is 3.48. The largest absolute Gasteiger partial charge is 0.497 e. The Bertz CT molecular complexity index is 1310. The van der Waals surface area contributed by atoms with Crippen LogP contribution in [0, 0.1) is 6.92 Å². The number of anilines is 1. The Balaban J connectivity index is 1.70. The zero-order valence-electron chi connectivity index (χ0n) is 17.2. The third-order valence-electron chi connectivity index (χ3n) is 4.63. The minimum absolute atomic E-state index is 0.264. The number of nitrogens with one attached hydrogen (secondary N) is 1. The fourth-order valence-corrected chi connectivity index (χ4v) is 4.10. The van der Waals surface area contributed by atoms with Crippen LogP contribution in [0.15, 0.2) is 53.3 Å². The van der Waals surface area contributed by atoms with Crippen LogP contribution in [0.1, 0.15) is 5.01 Å². The smallest absolute Gasteiger partial charge is 0.294 e. The van der Waals surface area contributed by atoms with Gasteiger partial charge in [0.1, 0.15) is 23.7 Å². The molecule has 0 aliphatic rings. The van der Waals surface area contributed by atoms with E-state index in [1.807, 2.05) is 37.3 Å². The molecule has 31 heavy (non-hydrogen) atoms. The minimum Gasteiger partial charge on any atom is -0.497 e. The first kappa shape index (κ1) is 20.5. The molecule has 2 heterocycles. The van der Waals surface area contributed by atoms with Crippen LogP contribution in [0.3, 0.4) is 0 Å². The van der Waals surface area contributed by atoms with E-state index in [2.05, 4.69) is 15.4 Å². The van der Waals surface area contributed by atoms with Gasteiger partial charge in [0, 0.05) is 11.6 Å². The second-order valence-corrected chi connectivity index (χ2v) is 7.91. The van der Waals surface area contributed by atoms with Crippen molar-refractivity contribution in [2.24, 2.45) is 0 Å². The summed E-state index contributed by atoms with van der Waals surface area (Å²) in [6.45, 7) is 1.58. The molecule has 0 spiro atoms. The first-order chi connectivity index (χ1) is 15.0. The highest BCUT2D eigenvalue weighted by Gasteiger charge is 2.18. The number of rotatable bonds is 6. The Morgan fingerprint density at radius 1 is 1.13 bits per heavy atom. The average molecular weight is 436 g/mol. The van der Waals surface area contributed by atoms with Crippen molar-refractivity contribution >= 4 is 33.1 Å². The Labute approximate surface area is 182 Å². The van der Waals surface area contributed by atoms with Crippen LogP contribution in [0.4, 0.5) is 5.69 Å². The molecule has 0 bridgehead atoms.